The summed E-state index contributed by atoms with van der Waals surface area (Å²) in [4.78, 5) is 59.4. The molecule has 0 aliphatic carbocycles. The molecule has 0 saturated carbocycles. The van der Waals surface area contributed by atoms with E-state index in [0.717, 1.165) is 6.07 Å². The smallest absolute Gasteiger partial charge is 0.355 e. The molecule has 6 rings (SSSR count). The van der Waals surface area contributed by atoms with Crippen LogP contribution in [0.5, 0.6) is 0 Å². The minimum Gasteiger partial charge on any atom is -0.397 e. The molecule has 1 fully saturated rings. The van der Waals surface area contributed by atoms with Gasteiger partial charge in [-0.05, 0) is 36.6 Å². The Morgan fingerprint density at radius 1 is 1.15 bits per heavy atom. The number of halogens is 4. The second kappa shape index (κ2) is 11.5. The van der Waals surface area contributed by atoms with Crippen LogP contribution in [0.3, 0.4) is 0 Å². The molecule has 2 aliphatic heterocycles. The fourth-order valence-corrected chi connectivity index (χ4v) is 6.94. The third-order valence-corrected chi connectivity index (χ3v) is 9.33. The molecule has 1 atom stereocenters. The van der Waals surface area contributed by atoms with E-state index in [2.05, 4.69) is 16.5 Å². The minimum atomic E-state index is -0.938. The Labute approximate surface area is 278 Å². The summed E-state index contributed by atoms with van der Waals surface area (Å²) in [6, 6.07) is 1.98. The molecule has 2 amide bonds. The van der Waals surface area contributed by atoms with Crippen LogP contribution in [0, 0.1) is 12.7 Å². The third-order valence-electron chi connectivity index (χ3n) is 8.38. The lowest BCUT2D eigenvalue weighted by Gasteiger charge is -2.40. The fourth-order valence-electron chi connectivity index (χ4n) is 6.12. The highest BCUT2D eigenvalue weighted by molar-refractivity contribution is 6.40. The van der Waals surface area contributed by atoms with Crippen molar-refractivity contribution in [3.63, 3.8) is 0 Å². The molecule has 2 aliphatic rings. The first-order valence-electron chi connectivity index (χ1n) is 14.3. The maximum atomic E-state index is 15.8. The van der Waals surface area contributed by atoms with E-state index < -0.39 is 23.5 Å². The summed E-state index contributed by atoms with van der Waals surface area (Å²) in [7, 11) is 1.50. The molecular formula is C31H28Cl3FN8O3. The standard InChI is InChI=1S/C31H28Cl3FN8O3/c1-6-18(44)41-9-10-42-17(12-41)30(45)40(5)27-20-28(42)39-31(46)43(26-14(4)7-8-37-24(26)13(2)3)29(20)38-25(21(27)34)19-22(35)15(32)11-16(33)23(19)36/h6-8,11,13,17H,1,9-10,12,36H2,2-5H3. The molecule has 2 N–H and O–H groups in total. The highest BCUT2D eigenvalue weighted by atomic mass is 35.5. The molecule has 15 heteroatoms. The van der Waals surface area contributed by atoms with Gasteiger partial charge in [-0.2, -0.15) is 4.98 Å². The summed E-state index contributed by atoms with van der Waals surface area (Å²) in [6.07, 6.45) is 2.82. The van der Waals surface area contributed by atoms with Gasteiger partial charge in [0.25, 0.3) is 5.91 Å². The van der Waals surface area contributed by atoms with Crippen LogP contribution in [0.1, 0.15) is 31.0 Å². The summed E-state index contributed by atoms with van der Waals surface area (Å²) in [5.41, 5.74) is 6.76. The first kappa shape index (κ1) is 31.7. The van der Waals surface area contributed by atoms with Crippen molar-refractivity contribution in [3.05, 3.63) is 73.6 Å². The molecule has 1 saturated heterocycles. The fraction of sp³-hybridized carbons (Fsp3) is 0.290. The summed E-state index contributed by atoms with van der Waals surface area (Å²) in [6.45, 7) is 9.65. The van der Waals surface area contributed by atoms with Crippen LogP contribution in [-0.4, -0.2) is 69.0 Å². The van der Waals surface area contributed by atoms with Gasteiger partial charge in [-0.25, -0.2) is 18.7 Å². The van der Waals surface area contributed by atoms with E-state index in [9.17, 15) is 14.4 Å². The molecule has 5 heterocycles. The molecule has 0 radical (unpaired) electrons. The molecule has 0 spiro atoms. The van der Waals surface area contributed by atoms with Gasteiger partial charge >= 0.3 is 5.69 Å². The lowest BCUT2D eigenvalue weighted by Crippen LogP contribution is -2.60. The Hall–Kier alpha value is -4.26. The molecule has 0 bridgehead atoms. The Kier molecular flexibility index (Phi) is 7.94. The van der Waals surface area contributed by atoms with Crippen molar-refractivity contribution in [1.29, 1.82) is 0 Å². The van der Waals surface area contributed by atoms with E-state index in [0.29, 0.717) is 16.9 Å². The number of nitrogens with zero attached hydrogens (tertiary/aromatic N) is 7. The molecule has 4 aromatic rings. The van der Waals surface area contributed by atoms with Crippen molar-refractivity contribution in [1.82, 2.24) is 24.4 Å². The molecule has 46 heavy (non-hydrogen) atoms. The number of anilines is 3. The summed E-state index contributed by atoms with van der Waals surface area (Å²) in [5.74, 6) is -1.71. The van der Waals surface area contributed by atoms with Crippen molar-refractivity contribution in [2.45, 2.75) is 32.7 Å². The molecular weight excluding hydrogens is 658 g/mol. The first-order chi connectivity index (χ1) is 21.8. The Bertz CT molecular complexity index is 2040. The van der Waals surface area contributed by atoms with E-state index in [1.54, 1.807) is 17.2 Å². The molecule has 3 aromatic heterocycles. The zero-order valence-electron chi connectivity index (χ0n) is 25.2. The van der Waals surface area contributed by atoms with Gasteiger partial charge in [-0.1, -0.05) is 55.2 Å². The van der Waals surface area contributed by atoms with E-state index in [1.807, 2.05) is 20.8 Å². The normalized spacial score (nSPS) is 16.2. The predicted molar refractivity (Wildman–Crippen MR) is 178 cm³/mol. The number of carbonyl (C=O) groups excluding carboxylic acids is 2. The lowest BCUT2D eigenvalue weighted by atomic mass is 10.0. The number of hydrogen-bond donors (Lipinski definition) is 1. The number of rotatable bonds is 4. The van der Waals surface area contributed by atoms with Gasteiger partial charge in [0.2, 0.25) is 5.91 Å². The van der Waals surface area contributed by atoms with Crippen molar-refractivity contribution in [3.8, 4) is 16.9 Å². The second-order valence-electron chi connectivity index (χ2n) is 11.4. The van der Waals surface area contributed by atoms with Crippen LogP contribution in [0.4, 0.5) is 21.6 Å². The average molecular weight is 686 g/mol. The zero-order valence-corrected chi connectivity index (χ0v) is 27.5. The number of aromatic nitrogens is 4. The van der Waals surface area contributed by atoms with Gasteiger partial charge in [0, 0.05) is 26.3 Å². The SMILES string of the molecule is C=CC(=O)N1CCN2c3nc(=O)n(-c4c(C)ccnc4C(C)C)c4nc(-c5c(N)c(Cl)cc(Cl)c5F)c(Cl)c(c34)N(C)C(=O)C2C1. The lowest BCUT2D eigenvalue weighted by molar-refractivity contribution is -0.128. The number of nitrogen functional groups attached to an aromatic ring is 1. The second-order valence-corrected chi connectivity index (χ2v) is 12.6. The van der Waals surface area contributed by atoms with E-state index in [4.69, 9.17) is 45.5 Å². The molecule has 1 aromatic carbocycles. The monoisotopic (exact) mass is 684 g/mol. The number of aryl methyl sites for hydroxylation is 1. The molecule has 1 unspecified atom stereocenters. The van der Waals surface area contributed by atoms with Gasteiger partial charge in [-0.15, -0.1) is 0 Å². The van der Waals surface area contributed by atoms with Crippen LogP contribution >= 0.6 is 34.8 Å². The topological polar surface area (TPSA) is 131 Å². The van der Waals surface area contributed by atoms with E-state index in [-0.39, 0.29) is 86.0 Å². The first-order valence-corrected chi connectivity index (χ1v) is 15.4. The Morgan fingerprint density at radius 3 is 2.54 bits per heavy atom. The Balaban J connectivity index is 1.80. The number of carbonyl (C=O) groups is 2. The highest BCUT2D eigenvalue weighted by Crippen LogP contribution is 2.48. The highest BCUT2D eigenvalue weighted by Gasteiger charge is 2.43. The van der Waals surface area contributed by atoms with Crippen LogP contribution in [0.2, 0.25) is 15.1 Å². The number of hydrogen-bond acceptors (Lipinski definition) is 8. The van der Waals surface area contributed by atoms with Gasteiger partial charge in [0.15, 0.2) is 11.5 Å². The number of likely N-dealkylation sites (N-methyl/N-ethyl adjacent to an activating group) is 1. The van der Waals surface area contributed by atoms with Crippen molar-refractivity contribution < 1.29 is 14.0 Å². The molecule has 11 nitrogen and oxygen atoms in total. The van der Waals surface area contributed by atoms with E-state index in [1.165, 1.54) is 27.5 Å². The average Bonchev–Trinajstić information content (AvgIpc) is 3.11. The largest absolute Gasteiger partial charge is 0.397 e. The summed E-state index contributed by atoms with van der Waals surface area (Å²) >= 11 is 19.6. The Morgan fingerprint density at radius 2 is 1.87 bits per heavy atom. The number of piperazine rings is 1. The zero-order chi connectivity index (χ0) is 33.4. The minimum absolute atomic E-state index is 0.00311. The number of amides is 2. The summed E-state index contributed by atoms with van der Waals surface area (Å²) in [5, 5.41) is -0.256. The van der Waals surface area contributed by atoms with Crippen LogP contribution in [0.25, 0.3) is 28.0 Å². The number of benzene rings is 1. The maximum Gasteiger partial charge on any atom is 0.355 e. The number of nitrogens with two attached hydrogens (primary N) is 1. The number of fused-ring (bicyclic) bond motifs is 2. The van der Waals surface area contributed by atoms with Gasteiger partial charge in [0.05, 0.1) is 61.0 Å². The molecule has 238 valence electrons. The van der Waals surface area contributed by atoms with Crippen LogP contribution in [0.15, 0.2) is 35.8 Å². The van der Waals surface area contributed by atoms with Gasteiger partial charge < -0.3 is 20.4 Å². The van der Waals surface area contributed by atoms with Gasteiger partial charge in [-0.3, -0.25) is 14.6 Å². The van der Waals surface area contributed by atoms with Crippen molar-refractivity contribution in [2.24, 2.45) is 0 Å². The maximum absolute atomic E-state index is 15.8. The predicted octanol–water partition coefficient (Wildman–Crippen LogP) is 5.14. The number of pyridine rings is 2. The van der Waals surface area contributed by atoms with E-state index >= 15 is 4.39 Å². The van der Waals surface area contributed by atoms with Gasteiger partial charge in [0.1, 0.15) is 11.9 Å². The van der Waals surface area contributed by atoms with Crippen LogP contribution in [-0.2, 0) is 9.59 Å². The van der Waals surface area contributed by atoms with Crippen LogP contribution < -0.4 is 21.2 Å². The van der Waals surface area contributed by atoms with Crippen molar-refractivity contribution in [2.75, 3.05) is 42.2 Å². The summed E-state index contributed by atoms with van der Waals surface area (Å²) < 4.78 is 17.1. The third kappa shape index (κ3) is 4.69. The van der Waals surface area contributed by atoms with Crippen molar-refractivity contribution >= 4 is 74.8 Å². The quantitative estimate of drug-likeness (QED) is 0.178.